The third kappa shape index (κ3) is 2.85. The molecule has 9 heteroatoms. The molecule has 3 aromatic rings. The quantitative estimate of drug-likeness (QED) is 0.495. The molecule has 0 atom stereocenters. The number of phenolic OH excluding ortho intramolecular Hbond substituents is 1. The van der Waals surface area contributed by atoms with Crippen LogP contribution in [0.1, 0.15) is 0 Å². The first kappa shape index (κ1) is 15.7. The van der Waals surface area contributed by atoms with Crippen LogP contribution in [0.15, 0.2) is 41.3 Å². The second-order valence-corrected chi connectivity index (χ2v) is 5.53. The van der Waals surface area contributed by atoms with Gasteiger partial charge < -0.3 is 9.66 Å². The maximum atomic E-state index is 10.9. The predicted molar refractivity (Wildman–Crippen MR) is 69.0 cm³/mol. The maximum absolute atomic E-state index is 10.9. The normalized spacial score (nSPS) is 11.3. The van der Waals surface area contributed by atoms with Gasteiger partial charge in [-0.15, -0.1) is 5.10 Å². The minimum absolute atomic E-state index is 0. The van der Waals surface area contributed by atoms with Crippen molar-refractivity contribution in [3.05, 3.63) is 36.4 Å². The van der Waals surface area contributed by atoms with Crippen molar-refractivity contribution in [2.75, 3.05) is 0 Å². The van der Waals surface area contributed by atoms with E-state index in [1.165, 1.54) is 24.3 Å². The van der Waals surface area contributed by atoms with Gasteiger partial charge in [0.2, 0.25) is 0 Å². The molecule has 112 valence electrons. The number of phenols is 1. The number of nitrogens with zero attached hydrogens (tertiary/aromatic N) is 2. The van der Waals surface area contributed by atoms with Gasteiger partial charge in [-0.2, -0.15) is 0 Å². The zero-order chi connectivity index (χ0) is 14.3. The maximum Gasteiger partial charge on any atom is 1.00 e. The minimum Gasteiger partial charge on any atom is -0.744 e. The van der Waals surface area contributed by atoms with E-state index in [1.807, 2.05) is 0 Å². The molecule has 0 bridgehead atoms. The van der Waals surface area contributed by atoms with Crippen LogP contribution in [0.2, 0.25) is 0 Å². The number of aromatic amines is 1. The summed E-state index contributed by atoms with van der Waals surface area (Å²) >= 11 is 0. The second-order valence-electron chi connectivity index (χ2n) is 4.15. The van der Waals surface area contributed by atoms with Crippen molar-refractivity contribution in [2.24, 2.45) is 0 Å². The van der Waals surface area contributed by atoms with Crippen molar-refractivity contribution in [3.8, 4) is 16.9 Å². The van der Waals surface area contributed by atoms with Crippen LogP contribution in [0.25, 0.3) is 22.2 Å². The Morgan fingerprint density at radius 1 is 1.10 bits per heavy atom. The molecule has 0 aliphatic heterocycles. The number of H-pyrrole nitrogens is 1. The van der Waals surface area contributed by atoms with Crippen molar-refractivity contribution >= 4 is 21.2 Å². The van der Waals surface area contributed by atoms with E-state index in [2.05, 4.69) is 15.4 Å². The Balaban J connectivity index is 0.00000161. The Labute approximate surface area is 135 Å². The molecule has 1 aromatic heterocycles. The molecule has 0 radical (unpaired) electrons. The Morgan fingerprint density at radius 3 is 2.38 bits per heavy atom. The van der Waals surface area contributed by atoms with E-state index in [4.69, 9.17) is 0 Å². The van der Waals surface area contributed by atoms with Gasteiger partial charge in [-0.05, 0) is 29.8 Å². The molecule has 0 aliphatic carbocycles. The van der Waals surface area contributed by atoms with Crippen molar-refractivity contribution in [3.63, 3.8) is 0 Å². The van der Waals surface area contributed by atoms with Crippen LogP contribution in [0.3, 0.4) is 0 Å². The van der Waals surface area contributed by atoms with E-state index < -0.39 is 10.1 Å². The molecule has 0 amide bonds. The van der Waals surface area contributed by atoms with Gasteiger partial charge in [-0.25, -0.2) is 8.42 Å². The molecule has 0 spiro atoms. The summed E-state index contributed by atoms with van der Waals surface area (Å²) in [5, 5.41) is 20.1. The van der Waals surface area contributed by atoms with Crippen molar-refractivity contribution in [1.29, 1.82) is 0 Å². The number of fused-ring (bicyclic) bond motifs is 1. The van der Waals surface area contributed by atoms with Gasteiger partial charge in [0.05, 0.1) is 10.4 Å². The number of nitrogens with one attached hydrogen (secondary N) is 1. The van der Waals surface area contributed by atoms with Crippen molar-refractivity contribution in [1.82, 2.24) is 15.4 Å². The molecule has 0 aliphatic rings. The molecule has 2 aromatic carbocycles. The molecule has 0 saturated heterocycles. The third-order valence-corrected chi connectivity index (χ3v) is 3.78. The number of benzene rings is 2. The third-order valence-electron chi connectivity index (χ3n) is 2.93. The molecule has 0 unspecified atom stereocenters. The van der Waals surface area contributed by atoms with Crippen LogP contribution >= 0.6 is 0 Å². The van der Waals surface area contributed by atoms with Gasteiger partial charge in [0.25, 0.3) is 0 Å². The monoisotopic (exact) mass is 397 g/mol. The van der Waals surface area contributed by atoms with Crippen LogP contribution in [0.4, 0.5) is 0 Å². The second kappa shape index (κ2) is 5.58. The summed E-state index contributed by atoms with van der Waals surface area (Å²) in [6.45, 7) is 0. The first-order valence-corrected chi connectivity index (χ1v) is 6.97. The van der Waals surface area contributed by atoms with Gasteiger partial charge in [0.15, 0.2) is 11.3 Å². The average Bonchev–Trinajstić information content (AvgIpc) is 2.88. The Hall–Kier alpha value is -1.71. The summed E-state index contributed by atoms with van der Waals surface area (Å²) in [6, 6.07) is 8.65. The molecule has 2 N–H and O–H groups in total. The average molecular weight is 398 g/mol. The summed E-state index contributed by atoms with van der Waals surface area (Å²) in [6.07, 6.45) is 0. The standard InChI is InChI=1S/C12H9N3O4S.Ag/c16-12-9(5-6-10-11(12)14-15-13-10)7-1-3-8(4-2-7)20(17,18)19;/h1-6,16H,(H,13,14,15)(H,17,18,19);/q;+1/p-1. The van der Waals surface area contributed by atoms with E-state index in [0.29, 0.717) is 22.2 Å². The number of hydrogen-bond donors (Lipinski definition) is 2. The van der Waals surface area contributed by atoms with Gasteiger partial charge in [-0.3, -0.25) is 5.10 Å². The fourth-order valence-corrected chi connectivity index (χ4v) is 2.40. The molecule has 0 saturated carbocycles. The number of hydrogen-bond acceptors (Lipinski definition) is 6. The van der Waals surface area contributed by atoms with Gasteiger partial charge in [0.1, 0.15) is 10.1 Å². The van der Waals surface area contributed by atoms with Crippen molar-refractivity contribution < 1.29 is 40.5 Å². The number of aromatic nitrogens is 3. The van der Waals surface area contributed by atoms with E-state index >= 15 is 0 Å². The van der Waals surface area contributed by atoms with Crippen LogP contribution in [0.5, 0.6) is 5.75 Å². The zero-order valence-corrected chi connectivity index (χ0v) is 12.5. The van der Waals surface area contributed by atoms with Crippen molar-refractivity contribution in [2.45, 2.75) is 4.90 Å². The van der Waals surface area contributed by atoms with Gasteiger partial charge in [-0.1, -0.05) is 17.3 Å². The Morgan fingerprint density at radius 2 is 1.76 bits per heavy atom. The summed E-state index contributed by atoms with van der Waals surface area (Å²) in [5.74, 6) is -0.0611. The SMILES string of the molecule is O=S(=O)([O-])c1ccc(-c2ccc3[nH]nnc3c2O)cc1.[Ag+]. The van der Waals surface area contributed by atoms with E-state index in [1.54, 1.807) is 12.1 Å². The molecule has 7 nitrogen and oxygen atoms in total. The molecule has 3 rings (SSSR count). The number of aromatic hydroxyl groups is 1. The van der Waals surface area contributed by atoms with E-state index in [9.17, 15) is 18.1 Å². The first-order chi connectivity index (χ1) is 9.47. The number of rotatable bonds is 2. The summed E-state index contributed by atoms with van der Waals surface area (Å²) < 4.78 is 32.6. The minimum atomic E-state index is -4.48. The van der Waals surface area contributed by atoms with E-state index in [-0.39, 0.29) is 33.0 Å². The predicted octanol–water partition coefficient (Wildman–Crippen LogP) is 1.23. The summed E-state index contributed by atoms with van der Waals surface area (Å²) in [5.41, 5.74) is 1.95. The van der Waals surface area contributed by atoms with E-state index in [0.717, 1.165) is 0 Å². The topological polar surface area (TPSA) is 119 Å². The molecule has 0 fully saturated rings. The molecular weight excluding hydrogens is 390 g/mol. The van der Waals surface area contributed by atoms with Gasteiger partial charge in [0, 0.05) is 5.56 Å². The smallest absolute Gasteiger partial charge is 0.744 e. The fraction of sp³-hybridized carbons (Fsp3) is 0. The van der Waals surface area contributed by atoms with Crippen LogP contribution in [0, 0.1) is 0 Å². The zero-order valence-electron chi connectivity index (χ0n) is 10.2. The first-order valence-electron chi connectivity index (χ1n) is 5.56. The summed E-state index contributed by atoms with van der Waals surface area (Å²) in [4.78, 5) is -0.316. The van der Waals surface area contributed by atoms with Crippen LogP contribution in [-0.4, -0.2) is 33.5 Å². The largest absolute Gasteiger partial charge is 1.00 e. The molecule has 21 heavy (non-hydrogen) atoms. The molecule has 1 heterocycles. The van der Waals surface area contributed by atoms with Gasteiger partial charge >= 0.3 is 22.4 Å². The van der Waals surface area contributed by atoms with Crippen LogP contribution < -0.4 is 0 Å². The Bertz CT molecular complexity index is 891. The fourth-order valence-electron chi connectivity index (χ4n) is 1.93. The summed E-state index contributed by atoms with van der Waals surface area (Å²) in [7, 11) is -4.48. The molecular formula is C12H8AgN3O4S. The van der Waals surface area contributed by atoms with Crippen LogP contribution in [-0.2, 0) is 32.5 Å². The Kier molecular flexibility index (Phi) is 4.17.